The molecule has 0 saturated heterocycles. The number of urea groups is 1. The minimum absolute atomic E-state index is 0.101. The van der Waals surface area contributed by atoms with E-state index in [9.17, 15) is 14.0 Å². The van der Waals surface area contributed by atoms with Gasteiger partial charge in [-0.25, -0.2) is 9.18 Å². The first-order valence-corrected chi connectivity index (χ1v) is 12.1. The molecule has 2 aliphatic heterocycles. The Labute approximate surface area is 222 Å². The van der Waals surface area contributed by atoms with Gasteiger partial charge in [0.15, 0.2) is 5.75 Å². The average molecular weight is 539 g/mol. The largest absolute Gasteiger partial charge is 0.454 e. The van der Waals surface area contributed by atoms with Gasteiger partial charge in [-0.2, -0.15) is 10.1 Å². The number of fused-ring (bicyclic) bond motifs is 1. The molecule has 7 nitrogen and oxygen atoms in total. The fraction of sp³-hybridized carbons (Fsp3) is 0.148. The average Bonchev–Trinajstić information content (AvgIpc) is 2.86. The summed E-state index contributed by atoms with van der Waals surface area (Å²) in [5, 5.41) is 8.37. The number of benzene rings is 3. The quantitative estimate of drug-likeness (QED) is 0.400. The van der Waals surface area contributed by atoms with Gasteiger partial charge in [0.1, 0.15) is 11.6 Å². The third kappa shape index (κ3) is 5.03. The van der Waals surface area contributed by atoms with Crippen LogP contribution < -0.4 is 15.1 Å². The summed E-state index contributed by atoms with van der Waals surface area (Å²) in [6.07, 6.45) is 0.632. The second-order valence-corrected chi connectivity index (χ2v) is 9.48. The molecule has 0 unspecified atom stereocenters. The van der Waals surface area contributed by atoms with Gasteiger partial charge in [-0.3, -0.25) is 4.79 Å². The van der Waals surface area contributed by atoms with E-state index >= 15 is 0 Å². The minimum atomic E-state index is -0.482. The molecule has 5 rings (SSSR count). The predicted octanol–water partition coefficient (Wildman–Crippen LogP) is 6.54. The number of carbonyl (C=O) groups is 2. The van der Waals surface area contributed by atoms with Crippen molar-refractivity contribution in [3.05, 3.63) is 99.4 Å². The number of carbonyl (C=O) groups excluding carboxylic acids is 2. The maximum Gasteiger partial charge on any atom is 0.347 e. The van der Waals surface area contributed by atoms with Crippen LogP contribution >= 0.6 is 23.2 Å². The van der Waals surface area contributed by atoms with E-state index in [1.54, 1.807) is 42.2 Å². The Kier molecular flexibility index (Phi) is 6.62. The molecule has 0 atom stereocenters. The van der Waals surface area contributed by atoms with Crippen molar-refractivity contribution < 1.29 is 18.7 Å². The van der Waals surface area contributed by atoms with E-state index in [0.717, 1.165) is 16.1 Å². The number of anilines is 1. The number of nitrogens with zero attached hydrogens (tertiary/aromatic N) is 3. The number of amides is 3. The summed E-state index contributed by atoms with van der Waals surface area (Å²) in [4.78, 5) is 27.1. The van der Waals surface area contributed by atoms with E-state index < -0.39 is 6.03 Å². The molecule has 3 amide bonds. The van der Waals surface area contributed by atoms with Crippen LogP contribution in [-0.4, -0.2) is 29.1 Å². The lowest BCUT2D eigenvalue weighted by atomic mass is 9.98. The van der Waals surface area contributed by atoms with Gasteiger partial charge in [-0.05, 0) is 66.9 Å². The third-order valence-corrected chi connectivity index (χ3v) is 6.68. The molecule has 3 aromatic rings. The summed E-state index contributed by atoms with van der Waals surface area (Å²) in [5.74, 6) is 0.273. The van der Waals surface area contributed by atoms with E-state index in [4.69, 9.17) is 27.9 Å². The SMILES string of the molecule is C=C1NC(=O)N(c2cc(Cl)c(Oc3ccc4c(c3)CCN(Cc3ccc(F)cc3)C4=O)c(Cl)c2)N=C1C. The number of hydrogen-bond donors (Lipinski definition) is 1. The molecule has 0 aliphatic carbocycles. The molecule has 0 aromatic heterocycles. The summed E-state index contributed by atoms with van der Waals surface area (Å²) in [5.41, 5.74) is 3.62. The highest BCUT2D eigenvalue weighted by molar-refractivity contribution is 6.37. The van der Waals surface area contributed by atoms with Gasteiger partial charge in [-0.15, -0.1) is 0 Å². The number of halogens is 3. The van der Waals surface area contributed by atoms with Crippen molar-refractivity contribution in [1.82, 2.24) is 10.2 Å². The van der Waals surface area contributed by atoms with Crippen LogP contribution in [0.1, 0.15) is 28.4 Å². The van der Waals surface area contributed by atoms with Gasteiger partial charge in [0.05, 0.1) is 27.1 Å². The number of hydrazone groups is 1. The summed E-state index contributed by atoms with van der Waals surface area (Å²) in [6, 6.07) is 13.9. The van der Waals surface area contributed by atoms with Crippen molar-refractivity contribution in [3.8, 4) is 11.5 Å². The van der Waals surface area contributed by atoms with E-state index in [1.807, 2.05) is 0 Å². The van der Waals surface area contributed by atoms with Crippen LogP contribution in [0.25, 0.3) is 0 Å². The lowest BCUT2D eigenvalue weighted by Gasteiger charge is -2.29. The van der Waals surface area contributed by atoms with Gasteiger partial charge in [0.25, 0.3) is 5.91 Å². The van der Waals surface area contributed by atoms with Crippen molar-refractivity contribution in [2.75, 3.05) is 11.6 Å². The smallest absolute Gasteiger partial charge is 0.347 e. The monoisotopic (exact) mass is 538 g/mol. The van der Waals surface area contributed by atoms with Gasteiger partial charge in [0, 0.05) is 18.7 Å². The lowest BCUT2D eigenvalue weighted by Crippen LogP contribution is -2.42. The molecule has 188 valence electrons. The first-order valence-electron chi connectivity index (χ1n) is 11.4. The number of nitrogens with one attached hydrogen (secondary N) is 1. The molecule has 0 saturated carbocycles. The van der Waals surface area contributed by atoms with Crippen LogP contribution in [0, 0.1) is 5.82 Å². The molecule has 2 heterocycles. The molecule has 0 spiro atoms. The zero-order valence-electron chi connectivity index (χ0n) is 19.7. The van der Waals surface area contributed by atoms with Crippen molar-refractivity contribution in [1.29, 1.82) is 0 Å². The van der Waals surface area contributed by atoms with Crippen LogP contribution in [0.5, 0.6) is 11.5 Å². The molecule has 0 bridgehead atoms. The summed E-state index contributed by atoms with van der Waals surface area (Å²) in [7, 11) is 0. The summed E-state index contributed by atoms with van der Waals surface area (Å²) >= 11 is 12.9. The molecule has 0 radical (unpaired) electrons. The fourth-order valence-electron chi connectivity index (χ4n) is 4.12. The van der Waals surface area contributed by atoms with Crippen LogP contribution in [0.4, 0.5) is 14.9 Å². The van der Waals surface area contributed by atoms with Crippen LogP contribution in [0.2, 0.25) is 10.0 Å². The molecule has 3 aromatic carbocycles. The van der Waals surface area contributed by atoms with E-state index in [0.29, 0.717) is 47.9 Å². The first kappa shape index (κ1) is 24.8. The fourth-order valence-corrected chi connectivity index (χ4v) is 4.68. The summed E-state index contributed by atoms with van der Waals surface area (Å²) in [6.45, 7) is 6.38. The topological polar surface area (TPSA) is 74.2 Å². The van der Waals surface area contributed by atoms with Gasteiger partial charge in [0.2, 0.25) is 0 Å². The Morgan fingerprint density at radius 1 is 1.08 bits per heavy atom. The highest BCUT2D eigenvalue weighted by atomic mass is 35.5. The van der Waals surface area contributed by atoms with Crippen LogP contribution in [0.15, 0.2) is 72.0 Å². The van der Waals surface area contributed by atoms with Crippen molar-refractivity contribution in [2.45, 2.75) is 19.9 Å². The van der Waals surface area contributed by atoms with Crippen LogP contribution in [-0.2, 0) is 13.0 Å². The first-order chi connectivity index (χ1) is 17.7. The summed E-state index contributed by atoms with van der Waals surface area (Å²) < 4.78 is 19.2. The Bertz CT molecular complexity index is 1450. The number of ether oxygens (including phenoxy) is 1. The zero-order valence-corrected chi connectivity index (χ0v) is 21.2. The maximum atomic E-state index is 13.2. The zero-order chi connectivity index (χ0) is 26.3. The molecular formula is C27H21Cl2FN4O3. The number of rotatable bonds is 5. The highest BCUT2D eigenvalue weighted by Gasteiger charge is 2.26. The predicted molar refractivity (Wildman–Crippen MR) is 141 cm³/mol. The standard InChI is InChI=1S/C27H21Cl2FN4O3/c1-15-16(2)32-34(27(36)31-15)20-12-23(28)25(24(29)13-20)37-21-7-8-22-18(11-21)9-10-33(26(22)35)14-17-3-5-19(30)6-4-17/h3-8,11-13H,1,9-10,14H2,2H3,(H,31,36). The second-order valence-electron chi connectivity index (χ2n) is 8.67. The normalized spacial score (nSPS) is 15.4. The Morgan fingerprint density at radius 2 is 1.78 bits per heavy atom. The molecular weight excluding hydrogens is 518 g/mol. The number of hydrogen-bond acceptors (Lipinski definition) is 4. The number of allylic oxidation sites excluding steroid dienone is 1. The van der Waals surface area contributed by atoms with E-state index in [-0.39, 0.29) is 27.5 Å². The van der Waals surface area contributed by atoms with Crippen molar-refractivity contribution in [3.63, 3.8) is 0 Å². The minimum Gasteiger partial charge on any atom is -0.454 e. The molecule has 1 N–H and O–H groups in total. The molecule has 2 aliphatic rings. The van der Waals surface area contributed by atoms with Gasteiger partial charge >= 0.3 is 6.03 Å². The molecule has 37 heavy (non-hydrogen) atoms. The molecule has 10 heteroatoms. The Morgan fingerprint density at radius 3 is 2.49 bits per heavy atom. The molecule has 0 fully saturated rings. The maximum absolute atomic E-state index is 13.2. The van der Waals surface area contributed by atoms with Gasteiger partial charge in [-0.1, -0.05) is 41.9 Å². The second kappa shape index (κ2) is 9.88. The van der Waals surface area contributed by atoms with Gasteiger partial charge < -0.3 is 15.0 Å². The van der Waals surface area contributed by atoms with E-state index in [1.165, 1.54) is 24.3 Å². The van der Waals surface area contributed by atoms with Crippen molar-refractivity contribution in [2.24, 2.45) is 5.10 Å². The Hall–Kier alpha value is -3.88. The highest BCUT2D eigenvalue weighted by Crippen LogP contribution is 2.41. The Balaban J connectivity index is 1.34. The lowest BCUT2D eigenvalue weighted by molar-refractivity contribution is 0.0727. The van der Waals surface area contributed by atoms with Crippen molar-refractivity contribution >= 4 is 46.5 Å². The van der Waals surface area contributed by atoms with Crippen LogP contribution in [0.3, 0.4) is 0 Å². The third-order valence-electron chi connectivity index (χ3n) is 6.12. The van der Waals surface area contributed by atoms with E-state index in [2.05, 4.69) is 17.0 Å².